The molecule has 8 heteroatoms. The highest BCUT2D eigenvalue weighted by Gasteiger charge is 2.43. The molecule has 1 atom stereocenters. The Kier molecular flexibility index (Phi) is 4.23. The minimum absolute atomic E-state index is 0.332. The Morgan fingerprint density at radius 1 is 1.38 bits per heavy atom. The summed E-state index contributed by atoms with van der Waals surface area (Å²) >= 11 is 6.20. The monoisotopic (exact) mass is 350 g/mol. The van der Waals surface area contributed by atoms with Crippen molar-refractivity contribution in [1.29, 1.82) is 0 Å². The van der Waals surface area contributed by atoms with E-state index in [9.17, 15) is 9.90 Å². The van der Waals surface area contributed by atoms with Crippen LogP contribution in [0.3, 0.4) is 0 Å². The van der Waals surface area contributed by atoms with Crippen molar-refractivity contribution in [3.63, 3.8) is 0 Å². The zero-order valence-electron chi connectivity index (χ0n) is 13.8. The predicted octanol–water partition coefficient (Wildman–Crippen LogP) is 2.43. The van der Waals surface area contributed by atoms with Crippen molar-refractivity contribution >= 4 is 28.6 Å². The normalized spacial score (nSPS) is 21.9. The van der Waals surface area contributed by atoms with Crippen molar-refractivity contribution in [3.8, 4) is 5.75 Å². The van der Waals surface area contributed by atoms with Gasteiger partial charge in [0.15, 0.2) is 0 Å². The number of hydrogen-bond acceptors (Lipinski definition) is 5. The molecule has 1 aliphatic rings. The van der Waals surface area contributed by atoms with E-state index >= 15 is 0 Å². The molecule has 1 aromatic carbocycles. The van der Waals surface area contributed by atoms with Crippen LogP contribution < -0.4 is 4.74 Å². The summed E-state index contributed by atoms with van der Waals surface area (Å²) in [4.78, 5) is 23.6. The van der Waals surface area contributed by atoms with E-state index in [1.807, 2.05) is 20.0 Å². The lowest BCUT2D eigenvalue weighted by atomic mass is 9.86. The van der Waals surface area contributed by atoms with Crippen molar-refractivity contribution < 1.29 is 14.6 Å². The summed E-state index contributed by atoms with van der Waals surface area (Å²) in [5, 5.41) is 10.7. The second-order valence-corrected chi connectivity index (χ2v) is 6.54. The average Bonchev–Trinajstić information content (AvgIpc) is 2.53. The van der Waals surface area contributed by atoms with Crippen LogP contribution in [-0.2, 0) is 5.54 Å². The molecule has 7 nitrogen and oxygen atoms in total. The number of likely N-dealkylation sites (N-methyl/N-ethyl adjacent to an activating group) is 1. The molecule has 0 aliphatic carbocycles. The van der Waals surface area contributed by atoms with E-state index in [2.05, 4.69) is 14.9 Å². The fraction of sp³-hybridized carbons (Fsp3) is 0.438. The summed E-state index contributed by atoms with van der Waals surface area (Å²) in [7, 11) is 3.54. The summed E-state index contributed by atoms with van der Waals surface area (Å²) in [6, 6.07) is 3.61. The predicted molar refractivity (Wildman–Crippen MR) is 90.7 cm³/mol. The molecule has 1 saturated heterocycles. The number of hydrogen-bond donors (Lipinski definition) is 1. The SMILES string of the molecule is COc1cc2ncnc(Cl)c2cc1[C@]1(C)CN(C)CCN1C(=O)O. The van der Waals surface area contributed by atoms with Crippen molar-refractivity contribution in [1.82, 2.24) is 19.8 Å². The van der Waals surface area contributed by atoms with Crippen LogP contribution >= 0.6 is 11.6 Å². The lowest BCUT2D eigenvalue weighted by Gasteiger charge is -2.47. The van der Waals surface area contributed by atoms with Gasteiger partial charge >= 0.3 is 6.09 Å². The van der Waals surface area contributed by atoms with Gasteiger partial charge in [0.2, 0.25) is 0 Å². The number of rotatable bonds is 2. The highest BCUT2D eigenvalue weighted by Crippen LogP contribution is 2.40. The first-order chi connectivity index (χ1) is 11.4. The molecule has 1 aliphatic heterocycles. The van der Waals surface area contributed by atoms with Crippen molar-refractivity contribution in [2.75, 3.05) is 33.8 Å². The molecule has 3 rings (SSSR count). The zero-order valence-corrected chi connectivity index (χ0v) is 14.5. The number of benzene rings is 1. The molecule has 0 saturated carbocycles. The maximum absolute atomic E-state index is 11.8. The van der Waals surface area contributed by atoms with Gasteiger partial charge in [-0.1, -0.05) is 11.6 Å². The van der Waals surface area contributed by atoms with Crippen LogP contribution in [-0.4, -0.2) is 64.8 Å². The maximum Gasteiger partial charge on any atom is 0.408 e. The molecule has 1 fully saturated rings. The summed E-state index contributed by atoms with van der Waals surface area (Å²) in [6.07, 6.45) is 0.437. The summed E-state index contributed by atoms with van der Waals surface area (Å²) < 4.78 is 5.53. The maximum atomic E-state index is 11.8. The van der Waals surface area contributed by atoms with Crippen LogP contribution in [0.1, 0.15) is 12.5 Å². The second-order valence-electron chi connectivity index (χ2n) is 6.18. The number of piperazine rings is 1. The summed E-state index contributed by atoms with van der Waals surface area (Å²) in [5.74, 6) is 0.585. The van der Waals surface area contributed by atoms with Crippen LogP contribution in [0.15, 0.2) is 18.5 Å². The fourth-order valence-electron chi connectivity index (χ4n) is 3.39. The largest absolute Gasteiger partial charge is 0.496 e. The number of methoxy groups -OCH3 is 1. The van der Waals surface area contributed by atoms with Crippen LogP contribution in [0.2, 0.25) is 5.15 Å². The van der Waals surface area contributed by atoms with Gasteiger partial charge in [-0.05, 0) is 20.0 Å². The van der Waals surface area contributed by atoms with E-state index in [1.54, 1.807) is 13.2 Å². The molecule has 24 heavy (non-hydrogen) atoms. The standard InChI is InChI=1S/C16H19ClN4O3/c1-16(8-20(2)4-5-21(16)15(22)23)11-6-10-12(7-13(11)24-3)18-9-19-14(10)17/h6-7,9H,4-5,8H2,1-3H3,(H,22,23)/t16-/m0/s1. The Labute approximate surface area is 144 Å². The highest BCUT2D eigenvalue weighted by molar-refractivity contribution is 6.34. The number of aromatic nitrogens is 2. The van der Waals surface area contributed by atoms with Gasteiger partial charge < -0.3 is 14.7 Å². The Balaban J connectivity index is 2.24. The number of nitrogens with zero attached hydrogens (tertiary/aromatic N) is 4. The summed E-state index contributed by atoms with van der Waals surface area (Å²) in [6.45, 7) is 3.55. The molecule has 0 radical (unpaired) electrons. The quantitative estimate of drug-likeness (QED) is 0.838. The average molecular weight is 351 g/mol. The molecule has 0 unspecified atom stereocenters. The van der Waals surface area contributed by atoms with Gasteiger partial charge in [-0.3, -0.25) is 4.90 Å². The van der Waals surface area contributed by atoms with Gasteiger partial charge in [0.25, 0.3) is 0 Å². The van der Waals surface area contributed by atoms with Gasteiger partial charge in [-0.25, -0.2) is 14.8 Å². The molecule has 0 spiro atoms. The van der Waals surface area contributed by atoms with Crippen LogP contribution in [0, 0.1) is 0 Å². The number of fused-ring (bicyclic) bond motifs is 1. The smallest absolute Gasteiger partial charge is 0.408 e. The van der Waals surface area contributed by atoms with Gasteiger partial charge in [0, 0.05) is 36.7 Å². The highest BCUT2D eigenvalue weighted by atomic mass is 35.5. The number of carboxylic acid groups (broad SMARTS) is 1. The molecule has 1 N–H and O–H groups in total. The Hall–Kier alpha value is -2.12. The van der Waals surface area contributed by atoms with Gasteiger partial charge in [-0.15, -0.1) is 0 Å². The summed E-state index contributed by atoms with van der Waals surface area (Å²) in [5.41, 5.74) is 0.644. The Morgan fingerprint density at radius 2 is 2.12 bits per heavy atom. The van der Waals surface area contributed by atoms with E-state index in [4.69, 9.17) is 16.3 Å². The lowest BCUT2D eigenvalue weighted by Crippen LogP contribution is -2.59. The topological polar surface area (TPSA) is 78.8 Å². The first-order valence-electron chi connectivity index (χ1n) is 7.54. The van der Waals surface area contributed by atoms with E-state index in [-0.39, 0.29) is 0 Å². The first-order valence-corrected chi connectivity index (χ1v) is 7.92. The minimum Gasteiger partial charge on any atom is -0.496 e. The van der Waals surface area contributed by atoms with Crippen molar-refractivity contribution in [2.24, 2.45) is 0 Å². The van der Waals surface area contributed by atoms with Crippen LogP contribution in [0.5, 0.6) is 5.75 Å². The number of halogens is 1. The van der Waals surface area contributed by atoms with Crippen LogP contribution in [0.25, 0.3) is 10.9 Å². The van der Waals surface area contributed by atoms with E-state index in [1.165, 1.54) is 11.2 Å². The van der Waals surface area contributed by atoms with Gasteiger partial charge in [0.05, 0.1) is 18.2 Å². The third-order valence-corrected chi connectivity index (χ3v) is 4.90. The zero-order chi connectivity index (χ0) is 17.5. The lowest BCUT2D eigenvalue weighted by molar-refractivity contribution is 0.0220. The van der Waals surface area contributed by atoms with E-state index < -0.39 is 11.6 Å². The van der Waals surface area contributed by atoms with Crippen molar-refractivity contribution in [3.05, 3.63) is 29.2 Å². The number of amides is 1. The molecule has 0 bridgehead atoms. The molecule has 2 aromatic rings. The first kappa shape index (κ1) is 16.7. The molecular weight excluding hydrogens is 332 g/mol. The third kappa shape index (κ3) is 2.63. The molecular formula is C16H19ClN4O3. The second kappa shape index (κ2) is 6.07. The van der Waals surface area contributed by atoms with E-state index in [0.29, 0.717) is 41.4 Å². The molecule has 128 valence electrons. The van der Waals surface area contributed by atoms with Gasteiger partial charge in [-0.2, -0.15) is 0 Å². The Morgan fingerprint density at radius 3 is 2.79 bits per heavy atom. The number of carbonyl (C=O) groups is 1. The minimum atomic E-state index is -0.955. The fourth-order valence-corrected chi connectivity index (χ4v) is 3.58. The van der Waals surface area contributed by atoms with Crippen LogP contribution in [0.4, 0.5) is 4.79 Å². The van der Waals surface area contributed by atoms with Gasteiger partial charge in [0.1, 0.15) is 17.2 Å². The molecule has 1 amide bonds. The third-order valence-electron chi connectivity index (χ3n) is 4.60. The van der Waals surface area contributed by atoms with Crippen molar-refractivity contribution in [2.45, 2.75) is 12.5 Å². The molecule has 2 heterocycles. The molecule has 1 aromatic heterocycles. The number of ether oxygens (including phenoxy) is 1. The van der Waals surface area contributed by atoms with E-state index in [0.717, 1.165) is 5.56 Å². The Bertz CT molecular complexity index is 800.